The second kappa shape index (κ2) is 10.2. The average molecular weight is 464 g/mol. The molecule has 10 heteroatoms. The Bertz CT molecular complexity index is 1290. The molecule has 0 fully saturated rings. The van der Waals surface area contributed by atoms with Gasteiger partial charge < -0.3 is 20.3 Å². The zero-order valence-electron chi connectivity index (χ0n) is 18.2. The zero-order valence-corrected chi connectivity index (χ0v) is 18.2. The number of anilines is 2. The largest absolute Gasteiger partial charge is 0.394 e. The Morgan fingerprint density at radius 2 is 1.91 bits per heavy atom. The van der Waals surface area contributed by atoms with Crippen molar-refractivity contribution in [3.63, 3.8) is 0 Å². The Hall–Kier alpha value is -4.18. The monoisotopic (exact) mass is 464 g/mol. The van der Waals surface area contributed by atoms with Crippen LogP contribution in [0.5, 0.6) is 0 Å². The molecule has 34 heavy (non-hydrogen) atoms. The van der Waals surface area contributed by atoms with Crippen LogP contribution in [0.25, 0.3) is 11.5 Å². The summed E-state index contributed by atoms with van der Waals surface area (Å²) in [6, 6.07) is 14.8. The molecule has 1 unspecified atom stereocenters. The van der Waals surface area contributed by atoms with Crippen LogP contribution >= 0.6 is 0 Å². The fraction of sp³-hybridized carbons (Fsp3) is 0.167. The molecule has 0 aliphatic carbocycles. The fourth-order valence-corrected chi connectivity index (χ4v) is 3.26. The Balaban J connectivity index is 1.49. The molecule has 0 radical (unpaired) electrons. The molecule has 2 aromatic carbocycles. The van der Waals surface area contributed by atoms with Crippen LogP contribution in [0.4, 0.5) is 20.3 Å². The third kappa shape index (κ3) is 5.24. The highest BCUT2D eigenvalue weighted by Crippen LogP contribution is 2.21. The third-order valence-electron chi connectivity index (χ3n) is 5.15. The molecule has 1 amide bonds. The Labute approximate surface area is 194 Å². The van der Waals surface area contributed by atoms with Crippen molar-refractivity contribution >= 4 is 17.4 Å². The molecule has 1 atom stereocenters. The molecule has 0 spiro atoms. The van der Waals surface area contributed by atoms with Crippen LogP contribution in [0.15, 0.2) is 67.0 Å². The molecular formula is C24H22F2N6O2. The van der Waals surface area contributed by atoms with E-state index in [1.807, 2.05) is 0 Å². The number of carbonyl (C=O) groups is 1. The van der Waals surface area contributed by atoms with Gasteiger partial charge in [-0.15, -0.1) is 10.2 Å². The van der Waals surface area contributed by atoms with Gasteiger partial charge in [0.05, 0.1) is 18.2 Å². The SMILES string of the molecule is CC(CO)n1cnnc1-c1cccc(NC(=O)c2cc(NCc3ccc(F)cc3)ccc2F)n1. The van der Waals surface area contributed by atoms with Crippen LogP contribution in [0, 0.1) is 11.6 Å². The van der Waals surface area contributed by atoms with Crippen molar-refractivity contribution in [2.24, 2.45) is 0 Å². The smallest absolute Gasteiger partial charge is 0.259 e. The number of nitrogens with one attached hydrogen (secondary N) is 2. The zero-order chi connectivity index (χ0) is 24.1. The summed E-state index contributed by atoms with van der Waals surface area (Å²) in [6.45, 7) is 2.08. The summed E-state index contributed by atoms with van der Waals surface area (Å²) < 4.78 is 29.2. The number of hydrogen-bond donors (Lipinski definition) is 3. The highest BCUT2D eigenvalue weighted by molar-refractivity contribution is 6.04. The van der Waals surface area contributed by atoms with Gasteiger partial charge in [0.15, 0.2) is 5.82 Å². The van der Waals surface area contributed by atoms with E-state index >= 15 is 0 Å². The quantitative estimate of drug-likeness (QED) is 0.364. The van der Waals surface area contributed by atoms with E-state index < -0.39 is 11.7 Å². The molecule has 8 nitrogen and oxygen atoms in total. The highest BCUT2D eigenvalue weighted by Gasteiger charge is 2.16. The Morgan fingerprint density at radius 1 is 1.12 bits per heavy atom. The normalized spacial score (nSPS) is 11.8. The number of halogens is 2. The minimum Gasteiger partial charge on any atom is -0.394 e. The van der Waals surface area contributed by atoms with E-state index in [2.05, 4.69) is 25.8 Å². The van der Waals surface area contributed by atoms with Crippen molar-refractivity contribution in [3.8, 4) is 11.5 Å². The van der Waals surface area contributed by atoms with Crippen LogP contribution in [0.3, 0.4) is 0 Å². The minimum absolute atomic E-state index is 0.105. The maximum Gasteiger partial charge on any atom is 0.259 e. The van der Waals surface area contributed by atoms with Gasteiger partial charge in [-0.05, 0) is 55.0 Å². The molecule has 4 rings (SSSR count). The first-order valence-corrected chi connectivity index (χ1v) is 10.5. The van der Waals surface area contributed by atoms with E-state index in [1.54, 1.807) is 41.8 Å². The number of hydrogen-bond acceptors (Lipinski definition) is 6. The van der Waals surface area contributed by atoms with Gasteiger partial charge in [0, 0.05) is 12.2 Å². The maximum atomic E-state index is 14.4. The molecule has 4 aromatic rings. The van der Waals surface area contributed by atoms with Crippen LogP contribution in [-0.2, 0) is 6.54 Å². The number of aliphatic hydroxyl groups excluding tert-OH is 1. The number of aliphatic hydroxyl groups is 1. The van der Waals surface area contributed by atoms with E-state index in [0.29, 0.717) is 23.8 Å². The lowest BCUT2D eigenvalue weighted by Gasteiger charge is -2.13. The van der Waals surface area contributed by atoms with Crippen LogP contribution in [-0.4, -0.2) is 37.4 Å². The van der Waals surface area contributed by atoms with Crippen molar-refractivity contribution in [2.45, 2.75) is 19.5 Å². The van der Waals surface area contributed by atoms with Crippen LogP contribution in [0.2, 0.25) is 0 Å². The van der Waals surface area contributed by atoms with Crippen molar-refractivity contribution in [3.05, 3.63) is 89.8 Å². The summed E-state index contributed by atoms with van der Waals surface area (Å²) in [5.41, 5.74) is 1.64. The van der Waals surface area contributed by atoms with E-state index in [4.69, 9.17) is 0 Å². The lowest BCUT2D eigenvalue weighted by atomic mass is 10.1. The number of rotatable bonds is 8. The number of nitrogens with zero attached hydrogens (tertiary/aromatic N) is 4. The summed E-state index contributed by atoms with van der Waals surface area (Å²) >= 11 is 0. The van der Waals surface area contributed by atoms with E-state index in [9.17, 15) is 18.7 Å². The Morgan fingerprint density at radius 3 is 2.68 bits per heavy atom. The Kier molecular flexibility index (Phi) is 6.88. The van der Waals surface area contributed by atoms with Crippen molar-refractivity contribution in [1.82, 2.24) is 19.7 Å². The average Bonchev–Trinajstić information content (AvgIpc) is 3.34. The lowest BCUT2D eigenvalue weighted by Crippen LogP contribution is -2.16. The number of benzene rings is 2. The van der Waals surface area contributed by atoms with Crippen molar-refractivity contribution < 1.29 is 18.7 Å². The molecule has 3 N–H and O–H groups in total. The van der Waals surface area contributed by atoms with Gasteiger partial charge in [0.1, 0.15) is 29.5 Å². The summed E-state index contributed by atoms with van der Waals surface area (Å²) in [5.74, 6) is -1.05. The predicted octanol–water partition coefficient (Wildman–Crippen LogP) is 4.04. The molecular weight excluding hydrogens is 442 g/mol. The van der Waals surface area contributed by atoms with E-state index in [0.717, 1.165) is 5.56 Å². The number of amides is 1. The highest BCUT2D eigenvalue weighted by atomic mass is 19.1. The first-order valence-electron chi connectivity index (χ1n) is 10.5. The molecule has 0 bridgehead atoms. The van der Waals surface area contributed by atoms with Crippen LogP contribution < -0.4 is 10.6 Å². The van der Waals surface area contributed by atoms with Crippen molar-refractivity contribution in [2.75, 3.05) is 17.2 Å². The van der Waals surface area contributed by atoms with Gasteiger partial charge in [-0.2, -0.15) is 0 Å². The summed E-state index contributed by atoms with van der Waals surface area (Å²) in [4.78, 5) is 17.2. The number of aromatic nitrogens is 4. The number of carbonyl (C=O) groups excluding carboxylic acids is 1. The first-order chi connectivity index (χ1) is 16.4. The summed E-state index contributed by atoms with van der Waals surface area (Å²) in [5, 5.41) is 23.0. The summed E-state index contributed by atoms with van der Waals surface area (Å²) in [7, 11) is 0. The fourth-order valence-electron chi connectivity index (χ4n) is 3.26. The van der Waals surface area contributed by atoms with Gasteiger partial charge in [0.25, 0.3) is 5.91 Å². The minimum atomic E-state index is -0.683. The predicted molar refractivity (Wildman–Crippen MR) is 123 cm³/mol. The molecule has 0 saturated carbocycles. The summed E-state index contributed by atoms with van der Waals surface area (Å²) in [6.07, 6.45) is 1.49. The molecule has 0 aliphatic rings. The first kappa shape index (κ1) is 23.0. The molecule has 0 aliphatic heterocycles. The van der Waals surface area contributed by atoms with E-state index in [1.165, 1.54) is 36.7 Å². The van der Waals surface area contributed by atoms with Crippen molar-refractivity contribution in [1.29, 1.82) is 0 Å². The third-order valence-corrected chi connectivity index (χ3v) is 5.15. The number of pyridine rings is 1. The topological polar surface area (TPSA) is 105 Å². The second-order valence-electron chi connectivity index (χ2n) is 7.63. The van der Waals surface area contributed by atoms with Crippen LogP contribution in [0.1, 0.15) is 28.9 Å². The van der Waals surface area contributed by atoms with Gasteiger partial charge in [-0.1, -0.05) is 18.2 Å². The standard InChI is InChI=1S/C24H22F2N6O2/c1-15(13-33)32-14-28-31-23(32)21-3-2-4-22(29-21)30-24(34)19-11-18(9-10-20(19)26)27-12-16-5-7-17(25)8-6-16/h2-11,14-15,27,33H,12-13H2,1H3,(H,29,30,34). The van der Waals surface area contributed by atoms with Gasteiger partial charge >= 0.3 is 0 Å². The van der Waals surface area contributed by atoms with Gasteiger partial charge in [-0.3, -0.25) is 4.79 Å². The van der Waals surface area contributed by atoms with Gasteiger partial charge in [-0.25, -0.2) is 13.8 Å². The molecule has 174 valence electrons. The molecule has 0 saturated heterocycles. The lowest BCUT2D eigenvalue weighted by molar-refractivity contribution is 0.102. The van der Waals surface area contributed by atoms with E-state index in [-0.39, 0.29) is 29.8 Å². The molecule has 2 aromatic heterocycles. The maximum absolute atomic E-state index is 14.4. The molecule has 2 heterocycles. The van der Waals surface area contributed by atoms with Gasteiger partial charge in [0.2, 0.25) is 0 Å². The second-order valence-corrected chi connectivity index (χ2v) is 7.63.